The molecule has 0 aromatic heterocycles. The van der Waals surface area contributed by atoms with Gasteiger partial charge in [0.15, 0.2) is 6.29 Å². The van der Waals surface area contributed by atoms with Gasteiger partial charge in [0.2, 0.25) is 0 Å². The molecule has 1 aromatic rings. The zero-order valence-electron chi connectivity index (χ0n) is 13.1. The van der Waals surface area contributed by atoms with Crippen LogP contribution in [0.5, 0.6) is 5.75 Å². The Labute approximate surface area is 139 Å². The van der Waals surface area contributed by atoms with E-state index in [1.165, 1.54) is 11.8 Å². The van der Waals surface area contributed by atoms with E-state index in [0.717, 1.165) is 17.1 Å². The Bertz CT molecular complexity index is 508. The van der Waals surface area contributed by atoms with Crippen LogP contribution >= 0.6 is 11.8 Å². The van der Waals surface area contributed by atoms with Gasteiger partial charge in [-0.3, -0.25) is 0 Å². The standard InChI is InChI=1S/C16H22O6S/c1-3-23-16-13(18)12(17)14-11(21-16)8-20-15(22-14)9-4-6-10(19-2)7-5-9/h4-7,11-18H,3,8H2,1-2H3/t11?,12?,13?,14-,15?,16-/m0/s1. The summed E-state index contributed by atoms with van der Waals surface area (Å²) in [6, 6.07) is 7.35. The summed E-state index contributed by atoms with van der Waals surface area (Å²) in [6.07, 6.45) is -3.56. The Hall–Kier alpha value is -0.830. The van der Waals surface area contributed by atoms with Crippen molar-refractivity contribution in [1.82, 2.24) is 0 Å². The van der Waals surface area contributed by atoms with E-state index in [9.17, 15) is 10.2 Å². The van der Waals surface area contributed by atoms with Crippen molar-refractivity contribution < 1.29 is 29.2 Å². The summed E-state index contributed by atoms with van der Waals surface area (Å²) in [5.41, 5.74) is 0.372. The SMILES string of the molecule is CCS[C@@H]1OC2COC(c3ccc(OC)cc3)O[C@@H]2C(O)C1O. The van der Waals surface area contributed by atoms with Gasteiger partial charge in [0.1, 0.15) is 35.6 Å². The van der Waals surface area contributed by atoms with Gasteiger partial charge in [-0.1, -0.05) is 19.1 Å². The smallest absolute Gasteiger partial charge is 0.184 e. The number of hydrogen-bond donors (Lipinski definition) is 2. The quantitative estimate of drug-likeness (QED) is 0.854. The number of methoxy groups -OCH3 is 1. The van der Waals surface area contributed by atoms with Crippen LogP contribution in [0.15, 0.2) is 24.3 Å². The summed E-state index contributed by atoms with van der Waals surface area (Å²) in [7, 11) is 1.61. The molecule has 2 heterocycles. The molecule has 3 rings (SSSR count). The molecule has 7 heteroatoms. The fourth-order valence-corrected chi connectivity index (χ4v) is 3.72. The first-order chi connectivity index (χ1) is 11.1. The molecular weight excluding hydrogens is 320 g/mol. The summed E-state index contributed by atoms with van der Waals surface area (Å²) in [5, 5.41) is 20.6. The molecule has 2 N–H and O–H groups in total. The molecule has 23 heavy (non-hydrogen) atoms. The van der Waals surface area contributed by atoms with E-state index in [1.807, 2.05) is 31.2 Å². The monoisotopic (exact) mass is 342 g/mol. The van der Waals surface area contributed by atoms with Gasteiger partial charge in [-0.25, -0.2) is 0 Å². The first-order valence-electron chi connectivity index (χ1n) is 7.68. The maximum absolute atomic E-state index is 10.4. The van der Waals surface area contributed by atoms with E-state index in [-0.39, 0.29) is 6.10 Å². The van der Waals surface area contributed by atoms with Crippen molar-refractivity contribution in [1.29, 1.82) is 0 Å². The number of aliphatic hydroxyl groups excluding tert-OH is 2. The van der Waals surface area contributed by atoms with Crippen molar-refractivity contribution in [3.8, 4) is 5.75 Å². The number of aliphatic hydroxyl groups is 2. The van der Waals surface area contributed by atoms with E-state index in [2.05, 4.69) is 0 Å². The summed E-state index contributed by atoms with van der Waals surface area (Å²) < 4.78 is 22.5. The van der Waals surface area contributed by atoms with E-state index >= 15 is 0 Å². The summed E-state index contributed by atoms with van der Waals surface area (Å²) in [5.74, 6) is 1.54. The average molecular weight is 342 g/mol. The van der Waals surface area contributed by atoms with E-state index in [0.29, 0.717) is 6.61 Å². The predicted octanol–water partition coefficient (Wildman–Crippen LogP) is 1.31. The van der Waals surface area contributed by atoms with E-state index < -0.39 is 30.0 Å². The maximum Gasteiger partial charge on any atom is 0.184 e. The molecular formula is C16H22O6S. The molecule has 4 unspecified atom stereocenters. The highest BCUT2D eigenvalue weighted by atomic mass is 32.2. The molecule has 6 nitrogen and oxygen atoms in total. The highest BCUT2D eigenvalue weighted by Crippen LogP contribution is 2.36. The summed E-state index contributed by atoms with van der Waals surface area (Å²) in [4.78, 5) is 0. The van der Waals surface area contributed by atoms with Crippen LogP contribution in [0, 0.1) is 0 Å². The van der Waals surface area contributed by atoms with Gasteiger partial charge in [-0.05, 0) is 17.9 Å². The van der Waals surface area contributed by atoms with Gasteiger partial charge in [0, 0.05) is 5.56 Å². The summed E-state index contributed by atoms with van der Waals surface area (Å²) in [6.45, 7) is 2.29. The van der Waals surface area contributed by atoms with Crippen molar-refractivity contribution in [3.05, 3.63) is 29.8 Å². The molecule has 1 aromatic carbocycles. The lowest BCUT2D eigenvalue weighted by molar-refractivity contribution is -0.318. The minimum absolute atomic E-state index is 0.311. The lowest BCUT2D eigenvalue weighted by Crippen LogP contribution is -2.60. The number of rotatable bonds is 4. The highest BCUT2D eigenvalue weighted by Gasteiger charge is 2.48. The van der Waals surface area contributed by atoms with Crippen molar-refractivity contribution >= 4 is 11.8 Å². The second-order valence-corrected chi connectivity index (χ2v) is 6.89. The van der Waals surface area contributed by atoms with Crippen LogP contribution in [0.3, 0.4) is 0 Å². The Balaban J connectivity index is 1.69. The lowest BCUT2D eigenvalue weighted by atomic mass is 9.99. The molecule has 2 aliphatic rings. The molecule has 0 bridgehead atoms. The Morgan fingerprint density at radius 1 is 1.17 bits per heavy atom. The molecule has 0 radical (unpaired) electrons. The molecule has 0 saturated carbocycles. The van der Waals surface area contributed by atoms with Crippen molar-refractivity contribution in [2.24, 2.45) is 0 Å². The first-order valence-corrected chi connectivity index (χ1v) is 8.73. The largest absolute Gasteiger partial charge is 0.497 e. The maximum atomic E-state index is 10.4. The first kappa shape index (κ1) is 17.0. The normalized spacial score (nSPS) is 37.2. The van der Waals surface area contributed by atoms with E-state index in [4.69, 9.17) is 18.9 Å². The van der Waals surface area contributed by atoms with Crippen LogP contribution < -0.4 is 4.74 Å². The molecule has 2 aliphatic heterocycles. The second-order valence-electron chi connectivity index (χ2n) is 5.52. The highest BCUT2D eigenvalue weighted by molar-refractivity contribution is 7.99. The van der Waals surface area contributed by atoms with Crippen LogP contribution in [-0.4, -0.2) is 59.5 Å². The van der Waals surface area contributed by atoms with Crippen LogP contribution in [0.4, 0.5) is 0 Å². The second kappa shape index (κ2) is 7.38. The van der Waals surface area contributed by atoms with Gasteiger partial charge in [0.25, 0.3) is 0 Å². The third-order valence-corrected chi connectivity index (χ3v) is 5.10. The van der Waals surface area contributed by atoms with Gasteiger partial charge >= 0.3 is 0 Å². The zero-order valence-corrected chi connectivity index (χ0v) is 13.9. The Morgan fingerprint density at radius 2 is 1.91 bits per heavy atom. The number of ether oxygens (including phenoxy) is 4. The molecule has 6 atom stereocenters. The van der Waals surface area contributed by atoms with Crippen LogP contribution in [-0.2, 0) is 14.2 Å². The number of thioether (sulfide) groups is 1. The van der Waals surface area contributed by atoms with Gasteiger partial charge in [-0.2, -0.15) is 0 Å². The van der Waals surface area contributed by atoms with Gasteiger partial charge in [0.05, 0.1) is 13.7 Å². The van der Waals surface area contributed by atoms with Gasteiger partial charge < -0.3 is 29.2 Å². The van der Waals surface area contributed by atoms with Crippen molar-refractivity contribution in [2.45, 2.75) is 43.1 Å². The van der Waals surface area contributed by atoms with Crippen LogP contribution in [0.25, 0.3) is 0 Å². The fourth-order valence-electron chi connectivity index (χ4n) is 2.81. The number of hydrogen-bond acceptors (Lipinski definition) is 7. The zero-order chi connectivity index (χ0) is 16.4. The van der Waals surface area contributed by atoms with Crippen molar-refractivity contribution in [2.75, 3.05) is 19.5 Å². The number of fused-ring (bicyclic) bond motifs is 1. The molecule has 2 fully saturated rings. The third-order valence-electron chi connectivity index (χ3n) is 4.05. The summed E-state index contributed by atoms with van der Waals surface area (Å²) >= 11 is 1.46. The lowest BCUT2D eigenvalue weighted by Gasteiger charge is -2.46. The number of benzene rings is 1. The van der Waals surface area contributed by atoms with Crippen LogP contribution in [0.1, 0.15) is 18.8 Å². The minimum atomic E-state index is -0.998. The predicted molar refractivity (Wildman–Crippen MR) is 85.4 cm³/mol. The molecule has 128 valence electrons. The Kier molecular flexibility index (Phi) is 5.45. The van der Waals surface area contributed by atoms with E-state index in [1.54, 1.807) is 7.11 Å². The average Bonchev–Trinajstić information content (AvgIpc) is 2.59. The van der Waals surface area contributed by atoms with Gasteiger partial charge in [-0.15, -0.1) is 11.8 Å². The molecule has 0 spiro atoms. The molecule has 0 amide bonds. The molecule has 2 saturated heterocycles. The molecule has 0 aliphatic carbocycles. The topological polar surface area (TPSA) is 77.4 Å². The third kappa shape index (κ3) is 3.50. The Morgan fingerprint density at radius 3 is 2.57 bits per heavy atom. The van der Waals surface area contributed by atoms with Crippen molar-refractivity contribution in [3.63, 3.8) is 0 Å². The minimum Gasteiger partial charge on any atom is -0.497 e. The fraction of sp³-hybridized carbons (Fsp3) is 0.625. The van der Waals surface area contributed by atoms with Crippen LogP contribution in [0.2, 0.25) is 0 Å².